The molecule has 4 heteroatoms. The van der Waals surface area contributed by atoms with E-state index in [1.54, 1.807) is 0 Å². The molecule has 4 bridgehead atoms. The van der Waals surface area contributed by atoms with Crippen molar-refractivity contribution < 1.29 is 49.2 Å². The van der Waals surface area contributed by atoms with E-state index in [1.165, 1.54) is 38.5 Å². The quantitative estimate of drug-likeness (QED) is 0.535. The van der Waals surface area contributed by atoms with Crippen LogP contribution in [-0.4, -0.2) is 16.5 Å². The first kappa shape index (κ1) is 16.2. The average molecular weight is 416 g/mol. The topological polar surface area (TPSA) is 40.5 Å². The van der Waals surface area contributed by atoms with Gasteiger partial charge in [-0.05, 0) is 61.7 Å². The van der Waals surface area contributed by atoms with Crippen molar-refractivity contribution in [1.82, 2.24) is 0 Å². The smallest absolute Gasteiger partial charge is 0.154 e. The molecular formula is C13H22O2Rh2. The number of aliphatic hydroxyl groups is 2. The van der Waals surface area contributed by atoms with E-state index in [1.807, 2.05) is 6.92 Å². The molecule has 2 radical (unpaired) electrons. The molecule has 0 aromatic carbocycles. The summed E-state index contributed by atoms with van der Waals surface area (Å²) in [5.74, 6) is 2.78. The molecule has 0 aromatic rings. The second-order valence-corrected chi connectivity index (χ2v) is 6.48. The third kappa shape index (κ3) is 2.71. The first-order valence-electron chi connectivity index (χ1n) is 6.45. The van der Waals surface area contributed by atoms with Crippen molar-refractivity contribution in [1.29, 1.82) is 0 Å². The monoisotopic (exact) mass is 416 g/mol. The zero-order valence-corrected chi connectivity index (χ0v) is 13.5. The van der Waals surface area contributed by atoms with E-state index in [-0.39, 0.29) is 50.3 Å². The number of rotatable bonds is 2. The molecule has 0 unspecified atom stereocenters. The van der Waals surface area contributed by atoms with E-state index in [2.05, 4.69) is 0 Å². The van der Waals surface area contributed by atoms with Crippen LogP contribution in [0.1, 0.15) is 45.4 Å². The second-order valence-electron chi connectivity index (χ2n) is 6.48. The van der Waals surface area contributed by atoms with Crippen LogP contribution in [0.5, 0.6) is 0 Å². The van der Waals surface area contributed by atoms with E-state index < -0.39 is 6.29 Å². The fraction of sp³-hybridized carbons (Fsp3) is 1.00. The summed E-state index contributed by atoms with van der Waals surface area (Å²) in [5, 5.41) is 18.9. The van der Waals surface area contributed by atoms with Gasteiger partial charge < -0.3 is 10.2 Å². The van der Waals surface area contributed by atoms with Crippen molar-refractivity contribution in [2.45, 2.75) is 51.7 Å². The van der Waals surface area contributed by atoms with Crippen molar-refractivity contribution in [3.63, 3.8) is 0 Å². The van der Waals surface area contributed by atoms with Crippen LogP contribution >= 0.6 is 0 Å². The summed E-state index contributed by atoms with van der Waals surface area (Å²) in [4.78, 5) is 0. The van der Waals surface area contributed by atoms with Crippen LogP contribution in [0.4, 0.5) is 0 Å². The fourth-order valence-electron chi connectivity index (χ4n) is 5.05. The maximum absolute atomic E-state index is 9.44. The van der Waals surface area contributed by atoms with Gasteiger partial charge in [0.05, 0.1) is 0 Å². The van der Waals surface area contributed by atoms with Gasteiger partial charge in [-0.1, -0.05) is 6.92 Å². The molecule has 0 aromatic heterocycles. The van der Waals surface area contributed by atoms with Gasteiger partial charge in [-0.25, -0.2) is 0 Å². The summed E-state index contributed by atoms with van der Waals surface area (Å²) in [6, 6.07) is 0. The van der Waals surface area contributed by atoms with Gasteiger partial charge >= 0.3 is 0 Å². The Morgan fingerprint density at radius 3 is 1.53 bits per heavy atom. The molecule has 2 N–H and O–H groups in total. The van der Waals surface area contributed by atoms with E-state index >= 15 is 0 Å². The van der Waals surface area contributed by atoms with Gasteiger partial charge in [-0.3, -0.25) is 0 Å². The van der Waals surface area contributed by atoms with E-state index in [4.69, 9.17) is 0 Å². The fourth-order valence-corrected chi connectivity index (χ4v) is 5.05. The Balaban J connectivity index is 0.000000722. The Kier molecular flexibility index (Phi) is 5.40. The predicted octanol–water partition coefficient (Wildman–Crippen LogP) is 2.14. The van der Waals surface area contributed by atoms with Crippen LogP contribution in [-0.2, 0) is 39.0 Å². The van der Waals surface area contributed by atoms with Gasteiger partial charge in [0, 0.05) is 44.9 Å². The molecule has 4 aliphatic carbocycles. The summed E-state index contributed by atoms with van der Waals surface area (Å²) in [5.41, 5.74) is 0.281. The molecule has 4 aliphatic rings. The summed E-state index contributed by atoms with van der Waals surface area (Å²) < 4.78 is 0. The van der Waals surface area contributed by atoms with Crippen molar-refractivity contribution in [3.8, 4) is 0 Å². The minimum absolute atomic E-state index is 0. The van der Waals surface area contributed by atoms with Gasteiger partial charge in [-0.15, -0.1) is 0 Å². The molecule has 17 heavy (non-hydrogen) atoms. The maximum Gasteiger partial charge on any atom is 0.154 e. The van der Waals surface area contributed by atoms with Crippen LogP contribution < -0.4 is 0 Å². The van der Waals surface area contributed by atoms with E-state index in [0.29, 0.717) is 0 Å². The van der Waals surface area contributed by atoms with Gasteiger partial charge in [0.15, 0.2) is 6.29 Å². The van der Waals surface area contributed by atoms with Crippen LogP contribution in [0.15, 0.2) is 0 Å². The Morgan fingerprint density at radius 2 is 1.24 bits per heavy atom. The molecule has 4 fully saturated rings. The van der Waals surface area contributed by atoms with Gasteiger partial charge in [0.25, 0.3) is 0 Å². The van der Waals surface area contributed by atoms with Crippen LogP contribution in [0.3, 0.4) is 0 Å². The van der Waals surface area contributed by atoms with Gasteiger partial charge in [0.1, 0.15) is 0 Å². The molecule has 0 saturated heterocycles. The van der Waals surface area contributed by atoms with Crippen LogP contribution in [0.25, 0.3) is 0 Å². The third-order valence-corrected chi connectivity index (χ3v) is 5.50. The number of aliphatic hydroxyl groups excluding tert-OH is 1. The molecular weight excluding hydrogens is 394 g/mol. The summed E-state index contributed by atoms with van der Waals surface area (Å²) >= 11 is 0. The Labute approximate surface area is 129 Å². The molecule has 1 atom stereocenters. The molecule has 104 valence electrons. The van der Waals surface area contributed by atoms with Crippen LogP contribution in [0, 0.1) is 29.1 Å². The zero-order chi connectivity index (χ0) is 10.6. The zero-order valence-electron chi connectivity index (χ0n) is 10.2. The Morgan fingerprint density at radius 1 is 0.882 bits per heavy atom. The largest absolute Gasteiger partial charge is 0.368 e. The third-order valence-electron chi connectivity index (χ3n) is 5.50. The van der Waals surface area contributed by atoms with E-state index in [0.717, 1.165) is 17.8 Å². The first-order chi connectivity index (χ1) is 7.09. The van der Waals surface area contributed by atoms with Crippen molar-refractivity contribution in [2.24, 2.45) is 29.1 Å². The molecule has 2 nitrogen and oxygen atoms in total. The first-order valence-corrected chi connectivity index (χ1v) is 6.45. The Hall–Kier alpha value is 1.17. The van der Waals surface area contributed by atoms with Gasteiger partial charge in [-0.2, -0.15) is 0 Å². The van der Waals surface area contributed by atoms with Crippen molar-refractivity contribution in [3.05, 3.63) is 0 Å². The second kappa shape index (κ2) is 5.66. The molecule has 4 rings (SSSR count). The van der Waals surface area contributed by atoms with Crippen LogP contribution in [0.2, 0.25) is 0 Å². The molecule has 0 spiro atoms. The van der Waals surface area contributed by atoms with Crippen molar-refractivity contribution in [2.75, 3.05) is 0 Å². The van der Waals surface area contributed by atoms with E-state index in [9.17, 15) is 10.2 Å². The molecule has 4 saturated carbocycles. The SMILES string of the molecule is C[C@@H](C(O)O)C12CC3CC(CC(C3)C1)C2.[Rh].[Rh]. The predicted molar refractivity (Wildman–Crippen MR) is 58.0 cm³/mol. The molecule has 0 heterocycles. The molecule has 0 aliphatic heterocycles. The molecule has 0 amide bonds. The standard InChI is InChI=1S/C13H22O2.2Rh/c1-8(12(14)15)13-5-9-2-10(6-13)4-11(3-9)7-13;;/h8-12,14-15H,2-7H2,1H3;;/t8-,9?,10?,11?,13?;;/m0../s1. The number of hydrogen-bond acceptors (Lipinski definition) is 2. The minimum atomic E-state index is -1.11. The normalized spacial score (nSPS) is 44.1. The maximum atomic E-state index is 9.44. The summed E-state index contributed by atoms with van der Waals surface area (Å²) in [7, 11) is 0. The van der Waals surface area contributed by atoms with Gasteiger partial charge in [0.2, 0.25) is 0 Å². The Bertz CT molecular complexity index is 233. The van der Waals surface area contributed by atoms with Crippen molar-refractivity contribution >= 4 is 0 Å². The number of hydrogen-bond donors (Lipinski definition) is 2. The summed E-state index contributed by atoms with van der Waals surface area (Å²) in [6.45, 7) is 2.04. The average Bonchev–Trinajstić information content (AvgIpc) is 2.14. The summed E-state index contributed by atoms with van der Waals surface area (Å²) in [6.07, 6.45) is 6.95. The minimum Gasteiger partial charge on any atom is -0.368 e.